The highest BCUT2D eigenvalue weighted by Gasteiger charge is 2.19. The van der Waals surface area contributed by atoms with Crippen molar-refractivity contribution in [2.75, 3.05) is 0 Å². The van der Waals surface area contributed by atoms with Crippen LogP contribution in [0.15, 0.2) is 180 Å². The Hall–Kier alpha value is -7.56. The fraction of sp³-hybridized carbons (Fsp3) is 0. The highest BCUT2D eigenvalue weighted by atomic mass is 16.3. The summed E-state index contributed by atoms with van der Waals surface area (Å²) in [6.45, 7) is 0. The maximum atomic E-state index is 6.32. The van der Waals surface area contributed by atoms with Crippen LogP contribution in [0, 0.1) is 0 Å². The Morgan fingerprint density at radius 1 is 0.375 bits per heavy atom. The van der Waals surface area contributed by atoms with Crippen LogP contribution in [0.4, 0.5) is 0 Å². The van der Waals surface area contributed by atoms with E-state index in [9.17, 15) is 0 Å². The minimum absolute atomic E-state index is 0.727. The third-order valence-corrected chi connectivity index (χ3v) is 12.0. The molecule has 0 radical (unpaired) electrons. The second-order valence-electron chi connectivity index (χ2n) is 14.9. The molecule has 0 N–H and O–H groups in total. The lowest BCUT2D eigenvalue weighted by Gasteiger charge is -2.15. The summed E-state index contributed by atoms with van der Waals surface area (Å²) in [4.78, 5) is 10.0. The average molecular weight is 712 g/mol. The number of aromatic nitrogens is 3. The smallest absolute Gasteiger partial charge is 0.159 e. The van der Waals surface area contributed by atoms with Gasteiger partial charge in [-0.05, 0) is 107 Å². The molecule has 0 aliphatic carbocycles. The van der Waals surface area contributed by atoms with Gasteiger partial charge in [0, 0.05) is 27.4 Å². The van der Waals surface area contributed by atoms with Crippen molar-refractivity contribution in [3.05, 3.63) is 176 Å². The lowest BCUT2D eigenvalue weighted by atomic mass is 9.90. The van der Waals surface area contributed by atoms with Gasteiger partial charge in [0.25, 0.3) is 0 Å². The lowest BCUT2D eigenvalue weighted by Crippen LogP contribution is -1.96. The first-order valence-electron chi connectivity index (χ1n) is 19.1. The summed E-state index contributed by atoms with van der Waals surface area (Å²) < 4.78 is 8.64. The topological polar surface area (TPSA) is 43.9 Å². The summed E-state index contributed by atoms with van der Waals surface area (Å²) in [5, 5.41) is 15.9. The summed E-state index contributed by atoms with van der Waals surface area (Å²) in [6.07, 6.45) is 1.98. The first kappa shape index (κ1) is 29.8. The zero-order valence-electron chi connectivity index (χ0n) is 30.0. The zero-order valence-corrected chi connectivity index (χ0v) is 30.0. The summed E-state index contributed by atoms with van der Waals surface area (Å²) in [6, 6.07) is 61.2. The molecule has 0 spiro atoms. The standard InChI is InChI=1S/C52H29N3O/c1-2-10-30(11-3-1)52-53-29-46-51(54-52)41-14-6-7-17-45(41)55(46)33-22-25-37-35-13-5-4-12-34(35)36-23-20-32(27-43(36)44(37)28-33)31-21-24-38-39-15-8-18-47-49(39)50-40(42(38)26-31)16-9-19-48(50)56-47/h1-29H. The molecule has 56 heavy (non-hydrogen) atoms. The van der Waals surface area contributed by atoms with Gasteiger partial charge in [0.1, 0.15) is 16.7 Å². The first-order valence-corrected chi connectivity index (χ1v) is 19.1. The summed E-state index contributed by atoms with van der Waals surface area (Å²) >= 11 is 0. The Morgan fingerprint density at radius 3 is 1.62 bits per heavy atom. The molecule has 0 saturated heterocycles. The van der Waals surface area contributed by atoms with Crippen LogP contribution in [0.25, 0.3) is 126 Å². The Kier molecular flexibility index (Phi) is 5.86. The van der Waals surface area contributed by atoms with Crippen molar-refractivity contribution in [3.8, 4) is 28.2 Å². The van der Waals surface area contributed by atoms with Gasteiger partial charge < -0.3 is 8.98 Å². The molecule has 3 aromatic heterocycles. The van der Waals surface area contributed by atoms with Crippen molar-refractivity contribution in [3.63, 3.8) is 0 Å². The molecule has 4 nitrogen and oxygen atoms in total. The van der Waals surface area contributed by atoms with Crippen molar-refractivity contribution >= 4 is 97.7 Å². The van der Waals surface area contributed by atoms with Crippen molar-refractivity contribution < 1.29 is 4.42 Å². The molecule has 0 atom stereocenters. The van der Waals surface area contributed by atoms with E-state index in [1.807, 2.05) is 24.4 Å². The molecular formula is C52H29N3O. The molecule has 13 rings (SSSR count). The van der Waals surface area contributed by atoms with E-state index in [0.29, 0.717) is 0 Å². The normalized spacial score (nSPS) is 12.3. The van der Waals surface area contributed by atoms with Gasteiger partial charge in [-0.25, -0.2) is 9.97 Å². The Morgan fingerprint density at radius 2 is 0.911 bits per heavy atom. The second kappa shape index (κ2) is 11.0. The highest BCUT2D eigenvalue weighted by Crippen LogP contribution is 2.44. The van der Waals surface area contributed by atoms with Crippen molar-refractivity contribution in [2.24, 2.45) is 0 Å². The van der Waals surface area contributed by atoms with Crippen molar-refractivity contribution in [1.29, 1.82) is 0 Å². The summed E-state index contributed by atoms with van der Waals surface area (Å²) in [7, 11) is 0. The minimum atomic E-state index is 0.727. The Balaban J connectivity index is 1.06. The van der Waals surface area contributed by atoms with Gasteiger partial charge in [-0.2, -0.15) is 0 Å². The van der Waals surface area contributed by atoms with Crippen LogP contribution in [0.2, 0.25) is 0 Å². The van der Waals surface area contributed by atoms with Gasteiger partial charge >= 0.3 is 0 Å². The fourth-order valence-corrected chi connectivity index (χ4v) is 9.50. The molecule has 3 heterocycles. The predicted molar refractivity (Wildman–Crippen MR) is 233 cm³/mol. The number of hydrogen-bond acceptors (Lipinski definition) is 3. The number of nitrogens with zero attached hydrogens (tertiary/aromatic N) is 3. The van der Waals surface area contributed by atoms with Crippen LogP contribution in [-0.4, -0.2) is 14.5 Å². The van der Waals surface area contributed by atoms with Crippen molar-refractivity contribution in [2.45, 2.75) is 0 Å². The quantitative estimate of drug-likeness (QED) is 0.171. The van der Waals surface area contributed by atoms with Gasteiger partial charge in [0.05, 0.1) is 17.2 Å². The van der Waals surface area contributed by atoms with Crippen molar-refractivity contribution in [1.82, 2.24) is 14.5 Å². The third kappa shape index (κ3) is 4.02. The van der Waals surface area contributed by atoms with E-state index in [2.05, 4.69) is 156 Å². The predicted octanol–water partition coefficient (Wildman–Crippen LogP) is 14.0. The van der Waals surface area contributed by atoms with Crippen LogP contribution in [0.1, 0.15) is 0 Å². The highest BCUT2D eigenvalue weighted by molar-refractivity contribution is 6.33. The van der Waals surface area contributed by atoms with Gasteiger partial charge in [-0.3, -0.25) is 0 Å². The van der Waals surface area contributed by atoms with E-state index in [0.717, 1.165) is 50.2 Å². The van der Waals surface area contributed by atoms with Gasteiger partial charge in [-0.15, -0.1) is 0 Å². The largest absolute Gasteiger partial charge is 0.456 e. The maximum absolute atomic E-state index is 6.32. The Labute approximate surface area is 319 Å². The molecular weight excluding hydrogens is 683 g/mol. The van der Waals surface area contributed by atoms with Crippen LogP contribution in [-0.2, 0) is 0 Å². The molecule has 0 amide bonds. The first-order chi connectivity index (χ1) is 27.8. The fourth-order valence-electron chi connectivity index (χ4n) is 9.50. The van der Waals surface area contributed by atoms with Crippen LogP contribution in [0.3, 0.4) is 0 Å². The maximum Gasteiger partial charge on any atom is 0.159 e. The van der Waals surface area contributed by atoms with Crippen LogP contribution in [0.5, 0.6) is 0 Å². The second-order valence-corrected chi connectivity index (χ2v) is 14.9. The molecule has 0 unspecified atom stereocenters. The lowest BCUT2D eigenvalue weighted by molar-refractivity contribution is 0.669. The number of furan rings is 1. The molecule has 258 valence electrons. The molecule has 13 aromatic rings. The molecule has 0 fully saturated rings. The van der Waals surface area contributed by atoms with E-state index in [1.54, 1.807) is 0 Å². The number of para-hydroxylation sites is 1. The average Bonchev–Trinajstić information content (AvgIpc) is 3.82. The van der Waals surface area contributed by atoms with E-state index >= 15 is 0 Å². The summed E-state index contributed by atoms with van der Waals surface area (Å²) in [5.74, 6) is 0.727. The molecule has 4 heteroatoms. The SMILES string of the molecule is c1ccc(-c2ncc3c(n2)c2ccccc2n3-c2ccc3c4ccccc4c4ccc(-c5ccc6c(c5)c5cccc7oc8cccc6c8c75)cc4c3c2)cc1. The molecule has 10 aromatic carbocycles. The van der Waals surface area contributed by atoms with E-state index in [1.165, 1.54) is 75.8 Å². The molecule has 0 aliphatic rings. The number of fused-ring (bicyclic) bond motifs is 12. The van der Waals surface area contributed by atoms with Crippen LogP contribution >= 0.6 is 0 Å². The molecule has 0 saturated carbocycles. The molecule has 0 aliphatic heterocycles. The van der Waals surface area contributed by atoms with E-state index in [-0.39, 0.29) is 0 Å². The van der Waals surface area contributed by atoms with Crippen LogP contribution < -0.4 is 0 Å². The van der Waals surface area contributed by atoms with Gasteiger partial charge in [0.2, 0.25) is 0 Å². The summed E-state index contributed by atoms with van der Waals surface area (Å²) in [5.41, 5.74) is 9.37. The Bertz CT molecular complexity index is 3760. The third-order valence-electron chi connectivity index (χ3n) is 12.0. The molecule has 0 bridgehead atoms. The van der Waals surface area contributed by atoms with E-state index in [4.69, 9.17) is 14.4 Å². The monoisotopic (exact) mass is 711 g/mol. The van der Waals surface area contributed by atoms with Gasteiger partial charge in [0.15, 0.2) is 5.82 Å². The number of benzene rings is 10. The number of hydrogen-bond donors (Lipinski definition) is 0. The zero-order chi connectivity index (χ0) is 36.5. The number of rotatable bonds is 3. The van der Waals surface area contributed by atoms with E-state index < -0.39 is 0 Å². The minimum Gasteiger partial charge on any atom is -0.456 e. The van der Waals surface area contributed by atoms with Gasteiger partial charge in [-0.1, -0.05) is 127 Å².